The van der Waals surface area contributed by atoms with Gasteiger partial charge in [-0.05, 0) is 41.4 Å². The molecule has 6 heteroatoms. The number of hydrogen-bond acceptors (Lipinski definition) is 4. The van der Waals surface area contributed by atoms with E-state index in [1.165, 1.54) is 4.88 Å². The Balaban J connectivity index is 2.19. The summed E-state index contributed by atoms with van der Waals surface area (Å²) in [6, 6.07) is 2.21. The van der Waals surface area contributed by atoms with Crippen molar-refractivity contribution in [2.75, 3.05) is 20.1 Å². The highest BCUT2D eigenvalue weighted by Gasteiger charge is 2.35. The van der Waals surface area contributed by atoms with Gasteiger partial charge in [0.1, 0.15) is 0 Å². The van der Waals surface area contributed by atoms with E-state index >= 15 is 0 Å². The molecule has 1 fully saturated rings. The zero-order chi connectivity index (χ0) is 13.1. The predicted octanol–water partition coefficient (Wildman–Crippen LogP) is 1.72. The van der Waals surface area contributed by atoms with E-state index in [1.54, 1.807) is 18.4 Å². The molecule has 0 aromatic carbocycles. The third-order valence-electron chi connectivity index (χ3n) is 3.38. The molecule has 2 unspecified atom stereocenters. The number of nitrogens with one attached hydrogen (secondary N) is 1. The molecular formula is C12H18BrN3OS. The standard InChI is InChI=1S/C12H18BrN3OS/c1-15-12(17)9-3-2-4-16(9)10(6-14)11-5-8(13)7-18-11/h5,7,9-10H,2-4,6,14H2,1H3,(H,15,17). The van der Waals surface area contributed by atoms with Gasteiger partial charge in [-0.1, -0.05) is 0 Å². The lowest BCUT2D eigenvalue weighted by molar-refractivity contribution is -0.125. The molecule has 1 aromatic heterocycles. The molecule has 1 aliphatic heterocycles. The van der Waals surface area contributed by atoms with Gasteiger partial charge >= 0.3 is 0 Å². The van der Waals surface area contributed by atoms with Gasteiger partial charge in [-0.2, -0.15) is 0 Å². The summed E-state index contributed by atoms with van der Waals surface area (Å²) in [5.74, 6) is 0.0987. The molecule has 0 spiro atoms. The fraction of sp³-hybridized carbons (Fsp3) is 0.583. The Kier molecular flexibility index (Phi) is 4.77. The van der Waals surface area contributed by atoms with E-state index in [9.17, 15) is 4.79 Å². The molecule has 1 aromatic rings. The predicted molar refractivity (Wildman–Crippen MR) is 77.6 cm³/mol. The first-order valence-electron chi connectivity index (χ1n) is 6.08. The van der Waals surface area contributed by atoms with Gasteiger partial charge in [-0.15, -0.1) is 11.3 Å². The van der Waals surface area contributed by atoms with Crippen LogP contribution < -0.4 is 11.1 Å². The van der Waals surface area contributed by atoms with Crippen molar-refractivity contribution in [3.8, 4) is 0 Å². The van der Waals surface area contributed by atoms with Crippen LogP contribution in [-0.4, -0.2) is 37.0 Å². The zero-order valence-electron chi connectivity index (χ0n) is 10.4. The Labute approximate surface area is 120 Å². The second kappa shape index (κ2) is 6.14. The van der Waals surface area contributed by atoms with Gasteiger partial charge in [-0.3, -0.25) is 9.69 Å². The number of hydrogen-bond donors (Lipinski definition) is 2. The van der Waals surface area contributed by atoms with E-state index < -0.39 is 0 Å². The van der Waals surface area contributed by atoms with Crippen LogP contribution in [0, 0.1) is 0 Å². The van der Waals surface area contributed by atoms with E-state index in [1.807, 2.05) is 0 Å². The Morgan fingerprint density at radius 3 is 3.11 bits per heavy atom. The van der Waals surface area contributed by atoms with Crippen molar-refractivity contribution in [3.05, 3.63) is 20.8 Å². The largest absolute Gasteiger partial charge is 0.358 e. The summed E-state index contributed by atoms with van der Waals surface area (Å²) in [6.07, 6.45) is 1.98. The molecule has 0 aliphatic carbocycles. The third kappa shape index (κ3) is 2.77. The molecule has 0 saturated carbocycles. The summed E-state index contributed by atoms with van der Waals surface area (Å²) in [7, 11) is 1.69. The van der Waals surface area contributed by atoms with Crippen LogP contribution in [0.25, 0.3) is 0 Å². The van der Waals surface area contributed by atoms with Crippen LogP contribution in [0.15, 0.2) is 15.9 Å². The normalized spacial score (nSPS) is 22.1. The lowest BCUT2D eigenvalue weighted by atomic mass is 10.1. The first-order chi connectivity index (χ1) is 8.67. The fourth-order valence-electron chi connectivity index (χ4n) is 2.53. The van der Waals surface area contributed by atoms with Gasteiger partial charge in [0.2, 0.25) is 5.91 Å². The number of nitrogens with zero attached hydrogens (tertiary/aromatic N) is 1. The SMILES string of the molecule is CNC(=O)C1CCCN1C(CN)c1cc(Br)cs1. The van der Waals surface area contributed by atoms with Crippen molar-refractivity contribution in [2.45, 2.75) is 24.9 Å². The maximum atomic E-state index is 11.9. The Bertz CT molecular complexity index is 423. The Morgan fingerprint density at radius 2 is 2.56 bits per heavy atom. The molecule has 1 aliphatic rings. The molecular weight excluding hydrogens is 314 g/mol. The van der Waals surface area contributed by atoms with E-state index in [0.717, 1.165) is 23.9 Å². The van der Waals surface area contributed by atoms with Crippen LogP contribution in [0.4, 0.5) is 0 Å². The maximum Gasteiger partial charge on any atom is 0.237 e. The molecule has 2 atom stereocenters. The van der Waals surface area contributed by atoms with Gasteiger partial charge in [0, 0.05) is 28.3 Å². The average Bonchev–Trinajstić information content (AvgIpc) is 2.99. The summed E-state index contributed by atoms with van der Waals surface area (Å²) in [5, 5.41) is 4.80. The number of nitrogens with two attached hydrogens (primary N) is 1. The Hall–Kier alpha value is -0.430. The fourth-order valence-corrected chi connectivity index (χ4v) is 4.11. The van der Waals surface area contributed by atoms with Crippen LogP contribution in [0.2, 0.25) is 0 Å². The molecule has 1 saturated heterocycles. The van der Waals surface area contributed by atoms with Crippen molar-refractivity contribution >= 4 is 33.2 Å². The van der Waals surface area contributed by atoms with Crippen LogP contribution in [0.3, 0.4) is 0 Å². The molecule has 0 bridgehead atoms. The minimum atomic E-state index is -0.0376. The first-order valence-corrected chi connectivity index (χ1v) is 7.76. The molecule has 2 rings (SSSR count). The van der Waals surface area contributed by atoms with Crippen molar-refractivity contribution in [1.29, 1.82) is 0 Å². The summed E-state index contributed by atoms with van der Waals surface area (Å²) < 4.78 is 1.08. The van der Waals surface area contributed by atoms with Gasteiger partial charge < -0.3 is 11.1 Å². The second-order valence-electron chi connectivity index (χ2n) is 4.43. The van der Waals surface area contributed by atoms with Crippen molar-refractivity contribution < 1.29 is 4.79 Å². The van der Waals surface area contributed by atoms with E-state index in [0.29, 0.717) is 6.54 Å². The number of amides is 1. The van der Waals surface area contributed by atoms with Crippen molar-refractivity contribution in [2.24, 2.45) is 5.73 Å². The van der Waals surface area contributed by atoms with Crippen LogP contribution in [-0.2, 0) is 4.79 Å². The van der Waals surface area contributed by atoms with Gasteiger partial charge in [0.25, 0.3) is 0 Å². The van der Waals surface area contributed by atoms with Crippen LogP contribution in [0.1, 0.15) is 23.8 Å². The minimum Gasteiger partial charge on any atom is -0.358 e. The molecule has 1 amide bonds. The molecule has 0 radical (unpaired) electrons. The average molecular weight is 332 g/mol. The quantitative estimate of drug-likeness (QED) is 0.883. The Morgan fingerprint density at radius 1 is 1.78 bits per heavy atom. The topological polar surface area (TPSA) is 58.4 Å². The monoisotopic (exact) mass is 331 g/mol. The number of carbonyl (C=O) groups is 1. The molecule has 3 N–H and O–H groups in total. The smallest absolute Gasteiger partial charge is 0.237 e. The van der Waals surface area contributed by atoms with Gasteiger partial charge in [-0.25, -0.2) is 0 Å². The number of halogens is 1. The lowest BCUT2D eigenvalue weighted by Crippen LogP contribution is -2.45. The summed E-state index contributed by atoms with van der Waals surface area (Å²) in [5.41, 5.74) is 5.92. The number of thiophene rings is 1. The van der Waals surface area contributed by atoms with E-state index in [2.05, 4.69) is 37.6 Å². The van der Waals surface area contributed by atoms with Gasteiger partial charge in [0.15, 0.2) is 0 Å². The number of carbonyl (C=O) groups excluding carboxylic acids is 1. The maximum absolute atomic E-state index is 11.9. The molecule has 2 heterocycles. The summed E-state index contributed by atoms with van der Waals surface area (Å²) in [4.78, 5) is 15.3. The summed E-state index contributed by atoms with van der Waals surface area (Å²) >= 11 is 5.16. The van der Waals surface area contributed by atoms with Crippen LogP contribution >= 0.6 is 27.3 Å². The molecule has 100 valence electrons. The number of rotatable bonds is 4. The van der Waals surface area contributed by atoms with Gasteiger partial charge in [0.05, 0.1) is 12.1 Å². The van der Waals surface area contributed by atoms with E-state index in [4.69, 9.17) is 5.73 Å². The van der Waals surface area contributed by atoms with Crippen LogP contribution in [0.5, 0.6) is 0 Å². The zero-order valence-corrected chi connectivity index (χ0v) is 12.8. The molecule has 18 heavy (non-hydrogen) atoms. The lowest BCUT2D eigenvalue weighted by Gasteiger charge is -2.30. The summed E-state index contributed by atoms with van der Waals surface area (Å²) in [6.45, 7) is 1.48. The van der Waals surface area contributed by atoms with E-state index in [-0.39, 0.29) is 18.0 Å². The third-order valence-corrected chi connectivity index (χ3v) is 5.18. The minimum absolute atomic E-state index is 0.0376. The highest BCUT2D eigenvalue weighted by molar-refractivity contribution is 9.10. The van der Waals surface area contributed by atoms with Crippen molar-refractivity contribution in [3.63, 3.8) is 0 Å². The number of likely N-dealkylation sites (tertiary alicyclic amines) is 1. The highest BCUT2D eigenvalue weighted by atomic mass is 79.9. The number of likely N-dealkylation sites (N-methyl/N-ethyl adjacent to an activating group) is 1. The molecule has 4 nitrogen and oxygen atoms in total. The second-order valence-corrected chi connectivity index (χ2v) is 6.29. The first kappa shape index (κ1) is 14.0. The van der Waals surface area contributed by atoms with Crippen molar-refractivity contribution in [1.82, 2.24) is 10.2 Å². The highest BCUT2D eigenvalue weighted by Crippen LogP contribution is 2.33.